The van der Waals surface area contributed by atoms with Crippen molar-refractivity contribution in [1.29, 1.82) is 0 Å². The fourth-order valence-electron chi connectivity index (χ4n) is 3.51. The molecule has 10 heteroatoms. The summed E-state index contributed by atoms with van der Waals surface area (Å²) in [5, 5.41) is 10.2. The SMILES string of the molecule is CC(C)(C)[C@H](NC(=O)c1nn(Cc2ccc(F)cc2F)c2ccccc12)C(=O)NCCC(N)=O. The third kappa shape index (κ3) is 5.75. The van der Waals surface area contributed by atoms with Crippen molar-refractivity contribution in [2.24, 2.45) is 11.1 Å². The number of primary amides is 1. The molecule has 4 N–H and O–H groups in total. The van der Waals surface area contributed by atoms with Gasteiger partial charge >= 0.3 is 0 Å². The molecule has 3 rings (SSSR count). The number of hydrogen-bond acceptors (Lipinski definition) is 4. The van der Waals surface area contributed by atoms with Crippen LogP contribution >= 0.6 is 0 Å². The van der Waals surface area contributed by atoms with Crippen LogP contribution in [0.5, 0.6) is 0 Å². The Labute approximate surface area is 195 Å². The van der Waals surface area contributed by atoms with Crippen LogP contribution in [0.2, 0.25) is 0 Å². The zero-order chi connectivity index (χ0) is 25.0. The molecule has 0 radical (unpaired) electrons. The summed E-state index contributed by atoms with van der Waals surface area (Å²) in [5.74, 6) is -3.00. The quantitative estimate of drug-likeness (QED) is 0.468. The molecule has 0 aliphatic heterocycles. The normalized spacial score (nSPS) is 12.4. The molecule has 0 unspecified atom stereocenters. The second-order valence-electron chi connectivity index (χ2n) is 9.04. The van der Waals surface area contributed by atoms with Gasteiger partial charge < -0.3 is 16.4 Å². The summed E-state index contributed by atoms with van der Waals surface area (Å²) >= 11 is 0. The predicted molar refractivity (Wildman–Crippen MR) is 123 cm³/mol. The van der Waals surface area contributed by atoms with E-state index in [0.29, 0.717) is 10.9 Å². The van der Waals surface area contributed by atoms with Gasteiger partial charge in [0.15, 0.2) is 5.69 Å². The van der Waals surface area contributed by atoms with E-state index in [1.165, 1.54) is 10.7 Å². The highest BCUT2D eigenvalue weighted by Crippen LogP contribution is 2.23. The smallest absolute Gasteiger partial charge is 0.273 e. The molecule has 0 aliphatic carbocycles. The van der Waals surface area contributed by atoms with Crippen LogP contribution in [-0.2, 0) is 16.1 Å². The number of para-hydroxylation sites is 1. The molecule has 3 amide bonds. The molecule has 0 bridgehead atoms. The lowest BCUT2D eigenvalue weighted by Crippen LogP contribution is -2.54. The third-order valence-corrected chi connectivity index (χ3v) is 5.28. The van der Waals surface area contributed by atoms with Crippen molar-refractivity contribution < 1.29 is 23.2 Å². The van der Waals surface area contributed by atoms with E-state index in [1.807, 2.05) is 0 Å². The zero-order valence-electron chi connectivity index (χ0n) is 19.2. The largest absolute Gasteiger partial charge is 0.370 e. The molecule has 0 fully saturated rings. The number of fused-ring (bicyclic) bond motifs is 1. The van der Waals surface area contributed by atoms with Gasteiger partial charge in [0.2, 0.25) is 11.8 Å². The molecule has 0 spiro atoms. The molecule has 1 heterocycles. The Hall–Kier alpha value is -3.82. The number of amides is 3. The number of nitrogens with one attached hydrogen (secondary N) is 2. The molecule has 0 aliphatic rings. The van der Waals surface area contributed by atoms with E-state index >= 15 is 0 Å². The lowest BCUT2D eigenvalue weighted by Gasteiger charge is -2.30. The monoisotopic (exact) mass is 471 g/mol. The van der Waals surface area contributed by atoms with Crippen molar-refractivity contribution in [1.82, 2.24) is 20.4 Å². The molecule has 1 atom stereocenters. The summed E-state index contributed by atoms with van der Waals surface area (Å²) in [6.07, 6.45) is -0.0223. The van der Waals surface area contributed by atoms with E-state index in [2.05, 4.69) is 15.7 Å². The number of benzene rings is 2. The minimum Gasteiger partial charge on any atom is -0.370 e. The van der Waals surface area contributed by atoms with Crippen LogP contribution < -0.4 is 16.4 Å². The van der Waals surface area contributed by atoms with Crippen LogP contribution in [-0.4, -0.2) is 40.1 Å². The van der Waals surface area contributed by atoms with Crippen LogP contribution in [0.15, 0.2) is 42.5 Å². The minimum absolute atomic E-state index is 0.0176. The van der Waals surface area contributed by atoms with E-state index in [4.69, 9.17) is 5.73 Å². The summed E-state index contributed by atoms with van der Waals surface area (Å²) in [6, 6.07) is 9.28. The number of hydrogen-bond donors (Lipinski definition) is 3. The van der Waals surface area contributed by atoms with Gasteiger partial charge in [0.05, 0.1) is 12.1 Å². The first-order valence-corrected chi connectivity index (χ1v) is 10.7. The van der Waals surface area contributed by atoms with Crippen LogP contribution in [0.3, 0.4) is 0 Å². The Kier molecular flexibility index (Phi) is 7.29. The van der Waals surface area contributed by atoms with Crippen molar-refractivity contribution in [2.75, 3.05) is 6.54 Å². The van der Waals surface area contributed by atoms with Crippen LogP contribution in [0.25, 0.3) is 10.9 Å². The van der Waals surface area contributed by atoms with E-state index in [0.717, 1.165) is 12.1 Å². The molecule has 8 nitrogen and oxygen atoms in total. The standard InChI is InChI=1S/C24H27F2N5O3/c1-24(2,3)21(23(34)28-11-10-19(27)32)29-22(33)20-16-6-4-5-7-18(16)31(30-20)13-14-8-9-15(25)12-17(14)26/h4-9,12,21H,10-11,13H2,1-3H3,(H2,27,32)(H,28,34)(H,29,33)/t21-/m1/s1. The van der Waals surface area contributed by atoms with E-state index in [-0.39, 0.29) is 30.8 Å². The van der Waals surface area contributed by atoms with Gasteiger partial charge in [0.25, 0.3) is 5.91 Å². The molecular weight excluding hydrogens is 444 g/mol. The molecule has 2 aromatic carbocycles. The van der Waals surface area contributed by atoms with E-state index in [1.54, 1.807) is 45.0 Å². The van der Waals surface area contributed by atoms with Crippen LogP contribution in [0, 0.1) is 17.0 Å². The van der Waals surface area contributed by atoms with Crippen molar-refractivity contribution in [3.8, 4) is 0 Å². The Morgan fingerprint density at radius 1 is 1.12 bits per heavy atom. The summed E-state index contributed by atoms with van der Waals surface area (Å²) in [5.41, 5.74) is 5.32. The number of nitrogens with zero attached hydrogens (tertiary/aromatic N) is 2. The average molecular weight is 472 g/mol. The number of carbonyl (C=O) groups is 3. The number of nitrogens with two attached hydrogens (primary N) is 1. The van der Waals surface area contributed by atoms with Crippen LogP contribution in [0.4, 0.5) is 8.78 Å². The highest BCUT2D eigenvalue weighted by molar-refractivity contribution is 6.06. The van der Waals surface area contributed by atoms with Gasteiger partial charge in [-0.3, -0.25) is 19.1 Å². The second kappa shape index (κ2) is 9.98. The van der Waals surface area contributed by atoms with Gasteiger partial charge in [-0.05, 0) is 17.5 Å². The highest BCUT2D eigenvalue weighted by Gasteiger charge is 2.34. The fourth-order valence-corrected chi connectivity index (χ4v) is 3.51. The average Bonchev–Trinajstić information content (AvgIpc) is 3.11. The lowest BCUT2D eigenvalue weighted by molar-refractivity contribution is -0.125. The highest BCUT2D eigenvalue weighted by atomic mass is 19.1. The number of halogens is 2. The maximum absolute atomic E-state index is 14.2. The number of aromatic nitrogens is 2. The maximum Gasteiger partial charge on any atom is 0.273 e. The fraction of sp³-hybridized carbons (Fsp3) is 0.333. The molecule has 1 aromatic heterocycles. The van der Waals surface area contributed by atoms with Gasteiger partial charge in [-0.1, -0.05) is 45.0 Å². The minimum atomic E-state index is -0.925. The second-order valence-corrected chi connectivity index (χ2v) is 9.04. The zero-order valence-corrected chi connectivity index (χ0v) is 19.2. The Morgan fingerprint density at radius 2 is 1.82 bits per heavy atom. The third-order valence-electron chi connectivity index (χ3n) is 5.28. The van der Waals surface area contributed by atoms with Gasteiger partial charge in [-0.25, -0.2) is 8.78 Å². The van der Waals surface area contributed by atoms with Crippen molar-refractivity contribution in [2.45, 2.75) is 39.8 Å². The number of carbonyl (C=O) groups excluding carboxylic acids is 3. The molecule has 34 heavy (non-hydrogen) atoms. The first-order chi connectivity index (χ1) is 16.0. The van der Waals surface area contributed by atoms with Crippen molar-refractivity contribution in [3.05, 3.63) is 65.4 Å². The Morgan fingerprint density at radius 3 is 2.47 bits per heavy atom. The summed E-state index contributed by atoms with van der Waals surface area (Å²) in [6.45, 7) is 5.41. The number of rotatable bonds is 8. The van der Waals surface area contributed by atoms with Crippen molar-refractivity contribution >= 4 is 28.6 Å². The lowest BCUT2D eigenvalue weighted by atomic mass is 9.86. The molecule has 0 saturated carbocycles. The summed E-state index contributed by atoms with van der Waals surface area (Å²) in [4.78, 5) is 36.9. The van der Waals surface area contributed by atoms with Gasteiger partial charge in [-0.15, -0.1) is 0 Å². The first-order valence-electron chi connectivity index (χ1n) is 10.7. The molecular formula is C24H27F2N5O3. The Bertz CT molecular complexity index is 1230. The maximum atomic E-state index is 14.2. The first kappa shape index (κ1) is 24.8. The van der Waals surface area contributed by atoms with E-state index in [9.17, 15) is 23.2 Å². The predicted octanol–water partition coefficient (Wildman–Crippen LogP) is 2.50. The summed E-state index contributed by atoms with van der Waals surface area (Å²) < 4.78 is 28.9. The van der Waals surface area contributed by atoms with E-state index < -0.39 is 40.8 Å². The van der Waals surface area contributed by atoms with Gasteiger partial charge in [0.1, 0.15) is 17.7 Å². The van der Waals surface area contributed by atoms with Gasteiger partial charge in [-0.2, -0.15) is 5.10 Å². The topological polar surface area (TPSA) is 119 Å². The molecule has 3 aromatic rings. The summed E-state index contributed by atoms with van der Waals surface area (Å²) in [7, 11) is 0. The molecule has 0 saturated heterocycles. The van der Waals surface area contributed by atoms with Gasteiger partial charge in [0, 0.05) is 30.0 Å². The van der Waals surface area contributed by atoms with Crippen LogP contribution in [0.1, 0.15) is 43.2 Å². The van der Waals surface area contributed by atoms with Crippen molar-refractivity contribution in [3.63, 3.8) is 0 Å². The molecule has 180 valence electrons. The Balaban J connectivity index is 1.89.